The summed E-state index contributed by atoms with van der Waals surface area (Å²) in [6.07, 6.45) is -0.798. The molecule has 2 heterocycles. The van der Waals surface area contributed by atoms with Gasteiger partial charge < -0.3 is 9.15 Å². The van der Waals surface area contributed by atoms with E-state index in [-0.39, 0.29) is 5.91 Å². The molecular weight excluding hydrogens is 437 g/mol. The van der Waals surface area contributed by atoms with Crippen LogP contribution in [0.15, 0.2) is 51.0 Å². The van der Waals surface area contributed by atoms with Gasteiger partial charge in [-0.3, -0.25) is 15.1 Å². The highest BCUT2D eigenvalue weighted by Crippen LogP contribution is 2.29. The summed E-state index contributed by atoms with van der Waals surface area (Å²) in [4.78, 5) is 30.7. The molecule has 0 radical (unpaired) electrons. The Morgan fingerprint density at radius 2 is 2.10 bits per heavy atom. The maximum absolute atomic E-state index is 12.4. The molecule has 29 heavy (non-hydrogen) atoms. The van der Waals surface area contributed by atoms with E-state index in [1.165, 1.54) is 11.3 Å². The molecule has 4 aromatic rings. The Morgan fingerprint density at radius 3 is 2.90 bits per heavy atom. The lowest BCUT2D eigenvalue weighted by atomic mass is 10.1. The molecule has 1 atom stereocenters. The van der Waals surface area contributed by atoms with Crippen molar-refractivity contribution in [3.63, 3.8) is 0 Å². The Morgan fingerprint density at radius 1 is 1.28 bits per heavy atom. The fraction of sp³-hybridized carbons (Fsp3) is 0.105. The summed E-state index contributed by atoms with van der Waals surface area (Å²) < 4.78 is 10.6. The fourth-order valence-corrected chi connectivity index (χ4v) is 3.77. The van der Waals surface area contributed by atoms with E-state index in [0.717, 1.165) is 5.56 Å². The van der Waals surface area contributed by atoms with Gasteiger partial charge in [0.15, 0.2) is 16.8 Å². The zero-order valence-corrected chi connectivity index (χ0v) is 17.2. The van der Waals surface area contributed by atoms with Crippen molar-refractivity contribution in [2.24, 2.45) is 0 Å². The molecule has 0 fully saturated rings. The van der Waals surface area contributed by atoms with Crippen LogP contribution in [0.4, 0.5) is 5.13 Å². The Kier molecular flexibility index (Phi) is 5.31. The van der Waals surface area contributed by atoms with E-state index >= 15 is 0 Å². The number of nitrogens with zero attached hydrogens (tertiary/aromatic N) is 1. The van der Waals surface area contributed by atoms with Gasteiger partial charge in [0.25, 0.3) is 5.91 Å². The molecule has 4 rings (SSSR count). The lowest BCUT2D eigenvalue weighted by Gasteiger charge is -2.14. The van der Waals surface area contributed by atoms with Gasteiger partial charge in [-0.05, 0) is 43.3 Å². The Labute approximate surface area is 178 Å². The maximum Gasteiger partial charge on any atom is 0.417 e. The molecule has 0 spiro atoms. The molecule has 148 valence electrons. The Balaban J connectivity index is 1.46. The molecule has 0 saturated heterocycles. The summed E-state index contributed by atoms with van der Waals surface area (Å²) in [5.41, 5.74) is 2.48. The van der Waals surface area contributed by atoms with Crippen molar-refractivity contribution >= 4 is 56.7 Å². The summed E-state index contributed by atoms with van der Waals surface area (Å²) >= 11 is 13.2. The number of anilines is 1. The number of ether oxygens (including phenoxy) is 1. The van der Waals surface area contributed by atoms with Crippen molar-refractivity contribution < 1.29 is 13.9 Å². The average molecular weight is 450 g/mol. The number of hydrogen-bond donors (Lipinski definition) is 2. The number of nitrogens with one attached hydrogen (secondary N) is 2. The van der Waals surface area contributed by atoms with E-state index in [0.29, 0.717) is 37.7 Å². The smallest absolute Gasteiger partial charge is 0.417 e. The predicted molar refractivity (Wildman–Crippen MR) is 113 cm³/mol. The van der Waals surface area contributed by atoms with Gasteiger partial charge in [-0.2, -0.15) is 0 Å². The van der Waals surface area contributed by atoms with Crippen molar-refractivity contribution in [1.29, 1.82) is 0 Å². The number of aromatic nitrogens is 2. The minimum atomic E-state index is -0.798. The monoisotopic (exact) mass is 449 g/mol. The summed E-state index contributed by atoms with van der Waals surface area (Å²) in [7, 11) is 0. The number of carbonyl (C=O) groups is 1. The first-order chi connectivity index (χ1) is 13.9. The lowest BCUT2D eigenvalue weighted by molar-refractivity contribution is -0.122. The van der Waals surface area contributed by atoms with Crippen LogP contribution in [0.2, 0.25) is 10.0 Å². The largest absolute Gasteiger partial charge is 0.479 e. The van der Waals surface area contributed by atoms with Gasteiger partial charge in [-0.1, -0.05) is 23.2 Å². The number of aromatic amines is 1. The van der Waals surface area contributed by atoms with Crippen LogP contribution < -0.4 is 15.8 Å². The van der Waals surface area contributed by atoms with Crippen molar-refractivity contribution in [2.45, 2.75) is 13.0 Å². The SMILES string of the molecule is CC(Oc1ccc(Cl)cc1Cl)C(=O)Nc1nc(-c2ccc3oc(=O)[nH]c3c2)cs1. The highest BCUT2D eigenvalue weighted by molar-refractivity contribution is 7.14. The first kappa shape index (κ1) is 19.5. The molecule has 0 aliphatic heterocycles. The second kappa shape index (κ2) is 7.90. The van der Waals surface area contributed by atoms with Gasteiger partial charge >= 0.3 is 5.76 Å². The first-order valence-electron chi connectivity index (χ1n) is 8.40. The van der Waals surface area contributed by atoms with Crippen LogP contribution in [0.1, 0.15) is 6.92 Å². The van der Waals surface area contributed by atoms with Crippen molar-refractivity contribution in [1.82, 2.24) is 9.97 Å². The highest BCUT2D eigenvalue weighted by atomic mass is 35.5. The quantitative estimate of drug-likeness (QED) is 0.448. The van der Waals surface area contributed by atoms with Gasteiger partial charge in [-0.25, -0.2) is 9.78 Å². The zero-order valence-electron chi connectivity index (χ0n) is 14.9. The summed E-state index contributed by atoms with van der Waals surface area (Å²) in [6.45, 7) is 1.61. The number of halogens is 2. The standard InChI is InChI=1S/C19H13Cl2N3O4S/c1-9(27-15-5-3-11(20)7-12(15)21)17(25)24-18-22-14(8-29-18)10-2-4-16-13(6-10)23-19(26)28-16/h2-9H,1H3,(H,23,26)(H,22,24,25). The summed E-state index contributed by atoms with van der Waals surface area (Å²) in [5.74, 6) is -0.523. The summed E-state index contributed by atoms with van der Waals surface area (Å²) in [6, 6.07) is 10.0. The second-order valence-corrected chi connectivity index (χ2v) is 7.79. The van der Waals surface area contributed by atoms with E-state index in [4.69, 9.17) is 32.4 Å². The molecule has 0 aliphatic carbocycles. The van der Waals surface area contributed by atoms with Crippen molar-refractivity contribution in [2.75, 3.05) is 5.32 Å². The molecule has 1 amide bonds. The molecule has 0 saturated carbocycles. The normalized spacial score (nSPS) is 12.1. The molecule has 2 aromatic heterocycles. The first-order valence-corrected chi connectivity index (χ1v) is 10.0. The molecule has 2 aromatic carbocycles. The van der Waals surface area contributed by atoms with Gasteiger partial charge in [-0.15, -0.1) is 11.3 Å². The zero-order chi connectivity index (χ0) is 20.5. The number of oxazole rings is 1. The molecule has 1 unspecified atom stereocenters. The van der Waals surface area contributed by atoms with Crippen LogP contribution >= 0.6 is 34.5 Å². The van der Waals surface area contributed by atoms with Crippen molar-refractivity contribution in [3.8, 4) is 17.0 Å². The number of thiazole rings is 1. The molecule has 0 bridgehead atoms. The van der Waals surface area contributed by atoms with E-state index in [2.05, 4.69) is 15.3 Å². The maximum atomic E-state index is 12.4. The Hall–Kier alpha value is -2.81. The van der Waals surface area contributed by atoms with E-state index in [9.17, 15) is 9.59 Å². The third-order valence-corrected chi connectivity index (χ3v) is 5.30. The highest BCUT2D eigenvalue weighted by Gasteiger charge is 2.18. The van der Waals surface area contributed by atoms with Crippen LogP contribution in [0.3, 0.4) is 0 Å². The summed E-state index contributed by atoms with van der Waals surface area (Å²) in [5, 5.41) is 5.74. The van der Waals surface area contributed by atoms with E-state index < -0.39 is 11.9 Å². The number of fused-ring (bicyclic) bond motifs is 1. The van der Waals surface area contributed by atoms with Gasteiger partial charge in [0, 0.05) is 16.0 Å². The number of benzene rings is 2. The minimum Gasteiger partial charge on any atom is -0.479 e. The predicted octanol–water partition coefficient (Wildman–Crippen LogP) is 4.96. The fourth-order valence-electron chi connectivity index (χ4n) is 2.60. The van der Waals surface area contributed by atoms with Crippen molar-refractivity contribution in [3.05, 3.63) is 62.4 Å². The van der Waals surface area contributed by atoms with Crippen LogP contribution in [-0.2, 0) is 4.79 Å². The number of carbonyl (C=O) groups excluding carboxylic acids is 1. The number of hydrogen-bond acceptors (Lipinski definition) is 6. The van der Waals surface area contributed by atoms with Crippen LogP contribution in [0.25, 0.3) is 22.4 Å². The van der Waals surface area contributed by atoms with E-state index in [1.807, 2.05) is 0 Å². The third-order valence-electron chi connectivity index (χ3n) is 4.02. The molecule has 7 nitrogen and oxygen atoms in total. The molecular formula is C19H13Cl2N3O4S. The number of H-pyrrole nitrogens is 1. The average Bonchev–Trinajstić information content (AvgIpc) is 3.28. The lowest BCUT2D eigenvalue weighted by Crippen LogP contribution is -2.30. The second-order valence-electron chi connectivity index (χ2n) is 6.09. The number of amides is 1. The Bertz CT molecular complexity index is 1260. The van der Waals surface area contributed by atoms with Gasteiger partial charge in [0.2, 0.25) is 0 Å². The topological polar surface area (TPSA) is 97.2 Å². The van der Waals surface area contributed by atoms with Crippen LogP contribution in [-0.4, -0.2) is 22.0 Å². The van der Waals surface area contributed by atoms with Gasteiger partial charge in [0.05, 0.1) is 16.2 Å². The third kappa shape index (κ3) is 4.29. The van der Waals surface area contributed by atoms with Crippen LogP contribution in [0, 0.1) is 0 Å². The van der Waals surface area contributed by atoms with Gasteiger partial charge in [0.1, 0.15) is 5.75 Å². The number of rotatable bonds is 5. The molecule has 10 heteroatoms. The van der Waals surface area contributed by atoms with E-state index in [1.54, 1.807) is 48.7 Å². The molecule has 0 aliphatic rings. The van der Waals surface area contributed by atoms with Crippen LogP contribution in [0.5, 0.6) is 5.75 Å². The minimum absolute atomic E-state index is 0.321. The molecule has 2 N–H and O–H groups in total.